The first kappa shape index (κ1) is 33.8. The van der Waals surface area contributed by atoms with E-state index in [2.05, 4.69) is 0 Å². The van der Waals surface area contributed by atoms with E-state index in [4.69, 9.17) is 0 Å². The number of ketones is 3. The fourth-order valence-corrected chi connectivity index (χ4v) is 7.22. The van der Waals surface area contributed by atoms with Crippen molar-refractivity contribution in [1.29, 1.82) is 0 Å². The molecule has 0 radical (unpaired) electrons. The molecule has 2 unspecified atom stereocenters. The molecule has 2 aliphatic rings. The highest BCUT2D eigenvalue weighted by Crippen LogP contribution is 2.56. The summed E-state index contributed by atoms with van der Waals surface area (Å²) in [5, 5.41) is 58.3. The van der Waals surface area contributed by atoms with Gasteiger partial charge in [0.1, 0.15) is 34.3 Å². The number of aliphatic hydroxyl groups excluding tert-OH is 2. The van der Waals surface area contributed by atoms with E-state index in [1.807, 2.05) is 27.7 Å². The maximum Gasteiger partial charge on any atom is 0.200 e. The zero-order valence-electron chi connectivity index (χ0n) is 27.5. The lowest BCUT2D eigenvalue weighted by molar-refractivity contribution is -0.119. The Hall–Kier alpha value is -4.07. The third-order valence-electron chi connectivity index (χ3n) is 9.13. The molecule has 2 aliphatic carbocycles. The second-order valence-electron chi connectivity index (χ2n) is 15.0. The van der Waals surface area contributed by atoms with Crippen LogP contribution in [0.3, 0.4) is 0 Å². The number of phenolic OH excluding ortho intramolecular Hbond substituents is 3. The lowest BCUT2D eigenvalue weighted by atomic mass is 9.67. The maximum atomic E-state index is 14.0. The quantitative estimate of drug-likeness (QED) is 0.187. The maximum absolute atomic E-state index is 14.0. The van der Waals surface area contributed by atoms with E-state index in [0.29, 0.717) is 0 Å². The van der Waals surface area contributed by atoms with Crippen molar-refractivity contribution in [1.82, 2.24) is 0 Å². The van der Waals surface area contributed by atoms with Crippen molar-refractivity contribution in [3.05, 3.63) is 75.3 Å². The summed E-state index contributed by atoms with van der Waals surface area (Å²) in [6, 6.07) is 8.03. The number of carbonyl (C=O) groups excluding carboxylic acids is 3. The van der Waals surface area contributed by atoms with Gasteiger partial charge in [-0.3, -0.25) is 14.4 Å². The zero-order valence-corrected chi connectivity index (χ0v) is 27.5. The van der Waals surface area contributed by atoms with E-state index in [9.17, 15) is 39.9 Å². The second kappa shape index (κ2) is 12.0. The number of aromatic hydroxyl groups is 3. The molecule has 0 aromatic heterocycles. The van der Waals surface area contributed by atoms with Crippen molar-refractivity contribution in [2.45, 2.75) is 92.9 Å². The van der Waals surface area contributed by atoms with Gasteiger partial charge in [-0.05, 0) is 22.7 Å². The van der Waals surface area contributed by atoms with Gasteiger partial charge in [0.15, 0.2) is 11.6 Å². The molecule has 0 saturated carbocycles. The van der Waals surface area contributed by atoms with Crippen molar-refractivity contribution in [2.24, 2.45) is 22.7 Å². The Bertz CT molecular complexity index is 1510. The lowest BCUT2D eigenvalue weighted by Crippen LogP contribution is -2.31. The Labute approximate surface area is 265 Å². The molecule has 8 heteroatoms. The molecule has 45 heavy (non-hydrogen) atoms. The highest BCUT2D eigenvalue weighted by molar-refractivity contribution is 6.13. The summed E-state index contributed by atoms with van der Waals surface area (Å²) in [5.74, 6) is -6.84. The van der Waals surface area contributed by atoms with E-state index < -0.39 is 63.1 Å². The van der Waals surface area contributed by atoms with Crippen molar-refractivity contribution >= 4 is 17.3 Å². The number of phenols is 3. The van der Waals surface area contributed by atoms with Crippen LogP contribution in [-0.2, 0) is 9.59 Å². The summed E-state index contributed by atoms with van der Waals surface area (Å²) < 4.78 is 0. The van der Waals surface area contributed by atoms with Gasteiger partial charge < -0.3 is 25.5 Å². The SMILES string of the molecule is CC(C)C(C1=C(O)CC(C)(C)CC1=O)c1c(O)c(C(=O)c2ccccc2)c(O)c(C(C2=C(O)CC(C)(C)CC2=O)C(C)C)c1O. The summed E-state index contributed by atoms with van der Waals surface area (Å²) in [6.45, 7) is 14.5. The summed E-state index contributed by atoms with van der Waals surface area (Å²) in [5.41, 5.74) is -1.68. The van der Waals surface area contributed by atoms with Crippen LogP contribution < -0.4 is 0 Å². The largest absolute Gasteiger partial charge is 0.512 e. The van der Waals surface area contributed by atoms with E-state index >= 15 is 0 Å². The Morgan fingerprint density at radius 1 is 0.622 bits per heavy atom. The van der Waals surface area contributed by atoms with E-state index in [0.717, 1.165) is 0 Å². The molecular weight excluding hydrogens is 572 g/mol. The predicted octanol–water partition coefficient (Wildman–Crippen LogP) is 7.92. The minimum atomic E-state index is -1.06. The number of Topliss-reactive ketones (excluding diaryl/α,β-unsaturated/α-hetero) is 2. The van der Waals surface area contributed by atoms with Gasteiger partial charge in [0.05, 0.1) is 0 Å². The average molecular weight is 619 g/mol. The van der Waals surface area contributed by atoms with Crippen LogP contribution in [0.2, 0.25) is 0 Å². The number of hydrogen-bond donors (Lipinski definition) is 5. The van der Waals surface area contributed by atoms with Crippen LogP contribution in [0.5, 0.6) is 17.2 Å². The number of hydrogen-bond acceptors (Lipinski definition) is 8. The molecule has 8 nitrogen and oxygen atoms in total. The van der Waals surface area contributed by atoms with Crippen molar-refractivity contribution in [3.63, 3.8) is 0 Å². The number of aliphatic hydroxyl groups is 2. The van der Waals surface area contributed by atoms with Crippen LogP contribution in [-0.4, -0.2) is 42.9 Å². The van der Waals surface area contributed by atoms with Crippen molar-refractivity contribution in [2.75, 3.05) is 0 Å². The molecule has 2 aromatic carbocycles. The van der Waals surface area contributed by atoms with Crippen molar-refractivity contribution < 1.29 is 39.9 Å². The normalized spacial score (nSPS) is 19.8. The molecule has 0 aliphatic heterocycles. The molecule has 0 saturated heterocycles. The van der Waals surface area contributed by atoms with Crippen molar-refractivity contribution in [3.8, 4) is 17.2 Å². The molecule has 242 valence electrons. The van der Waals surface area contributed by atoms with Crippen LogP contribution in [0.4, 0.5) is 0 Å². The summed E-state index contributed by atoms with van der Waals surface area (Å²) in [4.78, 5) is 41.2. The highest BCUT2D eigenvalue weighted by Gasteiger charge is 2.45. The molecule has 2 atom stereocenters. The summed E-state index contributed by atoms with van der Waals surface area (Å²) in [6.07, 6.45) is 0.632. The van der Waals surface area contributed by atoms with Crippen LogP contribution in [0.1, 0.15) is 120 Å². The monoisotopic (exact) mass is 618 g/mol. The summed E-state index contributed by atoms with van der Waals surface area (Å²) >= 11 is 0. The molecule has 0 spiro atoms. The highest BCUT2D eigenvalue weighted by atomic mass is 16.3. The molecule has 0 amide bonds. The molecule has 5 N–H and O–H groups in total. The first-order valence-corrected chi connectivity index (χ1v) is 15.6. The van der Waals surface area contributed by atoms with E-state index in [1.54, 1.807) is 45.9 Å². The molecule has 0 fully saturated rings. The van der Waals surface area contributed by atoms with Crippen LogP contribution >= 0.6 is 0 Å². The first-order chi connectivity index (χ1) is 20.8. The number of allylic oxidation sites excluding steroid dienone is 4. The van der Waals surface area contributed by atoms with Crippen LogP contribution in [0.25, 0.3) is 0 Å². The summed E-state index contributed by atoms with van der Waals surface area (Å²) in [7, 11) is 0. The molecule has 4 rings (SSSR count). The topological polar surface area (TPSA) is 152 Å². The number of rotatable bonds is 8. The van der Waals surface area contributed by atoms with Crippen LogP contribution in [0.15, 0.2) is 53.0 Å². The van der Waals surface area contributed by atoms with E-state index in [-0.39, 0.29) is 76.6 Å². The zero-order chi connectivity index (χ0) is 33.8. The fourth-order valence-electron chi connectivity index (χ4n) is 7.22. The standard InChI is InChI=1S/C37H46O8/c1-18(2)25(27-21(38)14-36(5,6)15-22(27)39)29-33(43)30(26(19(3)4)28-23(40)16-37(7,8)17-24(28)41)35(45)31(34(29)44)32(42)20-12-10-9-11-13-20/h9-13,18-19,25-26,38,40,43-45H,14-17H2,1-8H3. The van der Waals surface area contributed by atoms with Gasteiger partial charge in [0.25, 0.3) is 0 Å². The Morgan fingerprint density at radius 3 is 1.33 bits per heavy atom. The molecular formula is C37H46O8. The average Bonchev–Trinajstić information content (AvgIpc) is 2.89. The number of benzene rings is 2. The second-order valence-corrected chi connectivity index (χ2v) is 15.0. The van der Waals surface area contributed by atoms with E-state index in [1.165, 1.54) is 12.1 Å². The third-order valence-corrected chi connectivity index (χ3v) is 9.13. The van der Waals surface area contributed by atoms with Gasteiger partial charge in [-0.2, -0.15) is 0 Å². The molecule has 2 aromatic rings. The third kappa shape index (κ3) is 6.24. The van der Waals surface area contributed by atoms with Gasteiger partial charge in [-0.1, -0.05) is 85.7 Å². The lowest BCUT2D eigenvalue weighted by Gasteiger charge is -2.37. The molecule has 0 bridgehead atoms. The van der Waals surface area contributed by atoms with Gasteiger partial charge in [0, 0.05) is 65.4 Å². The minimum Gasteiger partial charge on any atom is -0.512 e. The fraction of sp³-hybridized carbons (Fsp3) is 0.486. The van der Waals surface area contributed by atoms with Gasteiger partial charge >= 0.3 is 0 Å². The van der Waals surface area contributed by atoms with Gasteiger partial charge in [0.2, 0.25) is 5.78 Å². The number of carbonyl (C=O) groups is 3. The predicted molar refractivity (Wildman–Crippen MR) is 172 cm³/mol. The Balaban J connectivity index is 2.14. The van der Waals surface area contributed by atoms with Crippen LogP contribution in [0, 0.1) is 22.7 Å². The van der Waals surface area contributed by atoms with Gasteiger partial charge in [-0.15, -0.1) is 0 Å². The van der Waals surface area contributed by atoms with Gasteiger partial charge in [-0.25, -0.2) is 0 Å². The molecule has 0 heterocycles. The minimum absolute atomic E-state index is 0.0309. The Kier molecular flexibility index (Phi) is 9.04. The first-order valence-electron chi connectivity index (χ1n) is 15.6. The Morgan fingerprint density at radius 2 is 1.00 bits per heavy atom. The smallest absolute Gasteiger partial charge is 0.200 e.